The smallest absolute Gasteiger partial charge is 0.420 e. The molecule has 0 aliphatic carbocycles. The van der Waals surface area contributed by atoms with Gasteiger partial charge in [0.25, 0.3) is 11.8 Å². The molecular formula is C21H18N2O6. The highest BCUT2D eigenvalue weighted by Gasteiger charge is 2.34. The summed E-state index contributed by atoms with van der Waals surface area (Å²) in [7, 11) is 0. The van der Waals surface area contributed by atoms with Crippen LogP contribution in [0.5, 0.6) is 0 Å². The molecule has 2 heterocycles. The number of carbonyl (C=O) groups is 3. The van der Waals surface area contributed by atoms with Gasteiger partial charge in [-0.3, -0.25) is 19.1 Å². The molecule has 0 spiro atoms. The molecule has 1 aliphatic rings. The van der Waals surface area contributed by atoms with Crippen molar-refractivity contribution in [2.45, 2.75) is 19.4 Å². The Morgan fingerprint density at radius 1 is 1.00 bits per heavy atom. The van der Waals surface area contributed by atoms with Crippen LogP contribution in [0, 0.1) is 0 Å². The minimum Gasteiger partial charge on any atom is -0.464 e. The highest BCUT2D eigenvalue weighted by molar-refractivity contribution is 6.21. The Hall–Kier alpha value is -3.68. The third kappa shape index (κ3) is 3.22. The summed E-state index contributed by atoms with van der Waals surface area (Å²) in [5, 5.41) is 0. The molecule has 8 heteroatoms. The highest BCUT2D eigenvalue weighted by Crippen LogP contribution is 2.22. The molecule has 8 nitrogen and oxygen atoms in total. The predicted molar refractivity (Wildman–Crippen MR) is 103 cm³/mol. The fourth-order valence-corrected chi connectivity index (χ4v) is 3.41. The zero-order valence-electron chi connectivity index (χ0n) is 15.7. The number of nitrogens with zero attached hydrogens (tertiary/aromatic N) is 2. The van der Waals surface area contributed by atoms with Gasteiger partial charge < -0.3 is 9.15 Å². The second-order valence-corrected chi connectivity index (χ2v) is 6.71. The van der Waals surface area contributed by atoms with Crippen LogP contribution in [-0.2, 0) is 9.53 Å². The first kappa shape index (κ1) is 18.7. The molecule has 4 rings (SSSR count). The number of ether oxygens (including phenoxy) is 1. The molecule has 148 valence electrons. The number of esters is 1. The Bertz CT molecular complexity index is 1140. The lowest BCUT2D eigenvalue weighted by Crippen LogP contribution is -2.32. The van der Waals surface area contributed by atoms with Crippen LogP contribution in [0.15, 0.2) is 57.7 Å². The zero-order chi connectivity index (χ0) is 20.5. The van der Waals surface area contributed by atoms with E-state index >= 15 is 0 Å². The monoisotopic (exact) mass is 394 g/mol. The number of amides is 2. The number of rotatable bonds is 6. The van der Waals surface area contributed by atoms with Crippen LogP contribution in [0.2, 0.25) is 0 Å². The lowest BCUT2D eigenvalue weighted by Gasteiger charge is -2.15. The normalized spacial score (nSPS) is 14.3. The molecular weight excluding hydrogens is 376 g/mol. The zero-order valence-corrected chi connectivity index (χ0v) is 15.7. The van der Waals surface area contributed by atoms with Crippen LogP contribution >= 0.6 is 0 Å². The Kier molecular flexibility index (Phi) is 4.75. The molecule has 0 radical (unpaired) electrons. The van der Waals surface area contributed by atoms with Crippen molar-refractivity contribution in [1.29, 1.82) is 0 Å². The molecule has 1 atom stereocenters. The SMILES string of the molecule is CC(C(=O)OCCCN1C(=O)c2ccccc2C1=O)n1c(=O)oc2ccccc21. The molecule has 2 amide bonds. The second-order valence-electron chi connectivity index (χ2n) is 6.71. The van der Waals surface area contributed by atoms with Gasteiger partial charge in [0.15, 0.2) is 5.58 Å². The molecule has 1 aliphatic heterocycles. The molecule has 0 saturated heterocycles. The van der Waals surface area contributed by atoms with Gasteiger partial charge >= 0.3 is 11.7 Å². The molecule has 1 aromatic heterocycles. The maximum Gasteiger partial charge on any atom is 0.420 e. The maximum atomic E-state index is 12.4. The lowest BCUT2D eigenvalue weighted by atomic mass is 10.1. The summed E-state index contributed by atoms with van der Waals surface area (Å²) >= 11 is 0. The second kappa shape index (κ2) is 7.38. The largest absolute Gasteiger partial charge is 0.464 e. The van der Waals surface area contributed by atoms with Crippen molar-refractivity contribution in [3.05, 3.63) is 70.2 Å². The average Bonchev–Trinajstić information content (AvgIpc) is 3.19. The van der Waals surface area contributed by atoms with Gasteiger partial charge in [-0.05, 0) is 37.6 Å². The van der Waals surface area contributed by atoms with Crippen LogP contribution in [0.1, 0.15) is 40.1 Å². The quantitative estimate of drug-likeness (QED) is 0.362. The van der Waals surface area contributed by atoms with Crippen LogP contribution in [0.4, 0.5) is 0 Å². The third-order valence-electron chi connectivity index (χ3n) is 4.90. The summed E-state index contributed by atoms with van der Waals surface area (Å²) in [6.45, 7) is 1.71. The fourth-order valence-electron chi connectivity index (χ4n) is 3.41. The summed E-state index contributed by atoms with van der Waals surface area (Å²) < 4.78 is 11.6. The molecule has 0 fully saturated rings. The van der Waals surface area contributed by atoms with Crippen molar-refractivity contribution in [3.63, 3.8) is 0 Å². The van der Waals surface area contributed by atoms with Crippen molar-refractivity contribution >= 4 is 28.9 Å². The van der Waals surface area contributed by atoms with Gasteiger partial charge in [0, 0.05) is 6.54 Å². The standard InChI is InChI=1S/C21H18N2O6/c1-13(23-16-9-4-5-10-17(16)29-21(23)27)20(26)28-12-6-11-22-18(24)14-7-2-3-8-15(14)19(22)25/h2-5,7-10,13H,6,11-12H2,1H3. The third-order valence-corrected chi connectivity index (χ3v) is 4.90. The van der Waals surface area contributed by atoms with E-state index in [-0.39, 0.29) is 25.0 Å². The van der Waals surface area contributed by atoms with E-state index in [0.29, 0.717) is 28.6 Å². The number of hydrogen-bond acceptors (Lipinski definition) is 6. The van der Waals surface area contributed by atoms with E-state index < -0.39 is 17.8 Å². The van der Waals surface area contributed by atoms with Crippen molar-refractivity contribution in [2.75, 3.05) is 13.2 Å². The molecule has 29 heavy (non-hydrogen) atoms. The van der Waals surface area contributed by atoms with Crippen molar-refractivity contribution < 1.29 is 23.5 Å². The van der Waals surface area contributed by atoms with Crippen molar-refractivity contribution in [1.82, 2.24) is 9.47 Å². The highest BCUT2D eigenvalue weighted by atomic mass is 16.5. The number of carbonyl (C=O) groups excluding carboxylic acids is 3. The average molecular weight is 394 g/mol. The molecule has 0 N–H and O–H groups in total. The van der Waals surface area contributed by atoms with Crippen LogP contribution in [0.3, 0.4) is 0 Å². The molecule has 1 unspecified atom stereocenters. The minimum absolute atomic E-state index is 0.0150. The van der Waals surface area contributed by atoms with Crippen LogP contribution in [0.25, 0.3) is 11.1 Å². The lowest BCUT2D eigenvalue weighted by molar-refractivity contribution is -0.147. The minimum atomic E-state index is -0.870. The van der Waals surface area contributed by atoms with E-state index in [1.54, 1.807) is 55.5 Å². The topological polar surface area (TPSA) is 98.8 Å². The van der Waals surface area contributed by atoms with E-state index in [1.165, 1.54) is 4.57 Å². The van der Waals surface area contributed by atoms with Crippen molar-refractivity contribution in [3.8, 4) is 0 Å². The van der Waals surface area contributed by atoms with Gasteiger partial charge in [-0.15, -0.1) is 0 Å². The fraction of sp³-hybridized carbons (Fsp3) is 0.238. The Morgan fingerprint density at radius 3 is 2.31 bits per heavy atom. The van der Waals surface area contributed by atoms with Crippen molar-refractivity contribution in [2.24, 2.45) is 0 Å². The maximum absolute atomic E-state index is 12.4. The first-order valence-corrected chi connectivity index (χ1v) is 9.21. The molecule has 2 aromatic carbocycles. The van der Waals surface area contributed by atoms with E-state index in [2.05, 4.69) is 0 Å². The summed E-state index contributed by atoms with van der Waals surface area (Å²) in [6, 6.07) is 12.6. The number of oxazole rings is 1. The Balaban J connectivity index is 1.35. The number of imide groups is 1. The van der Waals surface area contributed by atoms with Gasteiger partial charge in [-0.2, -0.15) is 0 Å². The Morgan fingerprint density at radius 2 is 1.62 bits per heavy atom. The first-order chi connectivity index (χ1) is 14.0. The molecule has 3 aromatic rings. The van der Waals surface area contributed by atoms with Gasteiger partial charge in [0.05, 0.1) is 23.3 Å². The number of para-hydroxylation sites is 2. The van der Waals surface area contributed by atoms with Gasteiger partial charge in [0.2, 0.25) is 0 Å². The number of benzene rings is 2. The summed E-state index contributed by atoms with van der Waals surface area (Å²) in [5.74, 6) is -1.92. The van der Waals surface area contributed by atoms with Crippen LogP contribution in [-0.4, -0.2) is 40.4 Å². The molecule has 0 bridgehead atoms. The number of fused-ring (bicyclic) bond motifs is 2. The number of aromatic nitrogens is 1. The van der Waals surface area contributed by atoms with E-state index in [0.717, 1.165) is 4.90 Å². The number of hydrogen-bond donors (Lipinski definition) is 0. The van der Waals surface area contributed by atoms with Gasteiger partial charge in [-0.1, -0.05) is 24.3 Å². The van der Waals surface area contributed by atoms with E-state index in [4.69, 9.17) is 9.15 Å². The van der Waals surface area contributed by atoms with E-state index in [9.17, 15) is 19.2 Å². The predicted octanol–water partition coefficient (Wildman–Crippen LogP) is 2.39. The first-order valence-electron chi connectivity index (χ1n) is 9.21. The summed E-state index contributed by atoms with van der Waals surface area (Å²) in [5.41, 5.74) is 1.67. The summed E-state index contributed by atoms with van der Waals surface area (Å²) in [4.78, 5) is 50.2. The Labute approximate surface area is 165 Å². The van der Waals surface area contributed by atoms with Gasteiger partial charge in [0.1, 0.15) is 6.04 Å². The van der Waals surface area contributed by atoms with Gasteiger partial charge in [-0.25, -0.2) is 9.59 Å². The summed E-state index contributed by atoms with van der Waals surface area (Å²) in [6.07, 6.45) is 0.297. The van der Waals surface area contributed by atoms with E-state index in [1.807, 2.05) is 0 Å². The molecule has 0 saturated carbocycles. The van der Waals surface area contributed by atoms with Crippen LogP contribution < -0.4 is 5.76 Å².